The summed E-state index contributed by atoms with van der Waals surface area (Å²) in [7, 11) is 0. The summed E-state index contributed by atoms with van der Waals surface area (Å²) in [4.78, 5) is 10.9. The van der Waals surface area contributed by atoms with Gasteiger partial charge in [0.05, 0.1) is 18.8 Å². The van der Waals surface area contributed by atoms with Crippen molar-refractivity contribution >= 4 is 5.91 Å². The van der Waals surface area contributed by atoms with E-state index in [1.165, 1.54) is 39.0 Å². The first-order valence-electron chi connectivity index (χ1n) is 7.17. The fraction of sp³-hybridized carbons (Fsp3) is 0.929. The molecule has 108 valence electrons. The molecule has 0 spiro atoms. The molecule has 0 radical (unpaired) electrons. The number of carbonyl (C=O) groups excluding carboxylic acids is 1. The molecule has 0 bridgehead atoms. The molecule has 0 unspecified atom stereocenters. The van der Waals surface area contributed by atoms with Crippen LogP contribution in [0, 0.1) is 0 Å². The van der Waals surface area contributed by atoms with Crippen molar-refractivity contribution in [1.82, 2.24) is 5.32 Å². The quantitative estimate of drug-likeness (QED) is 0.497. The van der Waals surface area contributed by atoms with Gasteiger partial charge in [0.1, 0.15) is 0 Å². The molecule has 0 aliphatic rings. The number of carbonyl (C=O) groups is 1. The van der Waals surface area contributed by atoms with Gasteiger partial charge in [0, 0.05) is 6.92 Å². The Hall–Kier alpha value is -0.610. The Morgan fingerprint density at radius 2 is 1.67 bits per heavy atom. The third kappa shape index (κ3) is 9.42. The molecule has 0 saturated carbocycles. The van der Waals surface area contributed by atoms with Gasteiger partial charge < -0.3 is 15.5 Å². The molecule has 0 aromatic heterocycles. The summed E-state index contributed by atoms with van der Waals surface area (Å²) in [5, 5.41) is 21.5. The van der Waals surface area contributed by atoms with Crippen LogP contribution in [0.1, 0.15) is 65.2 Å². The normalized spacial score (nSPS) is 14.2. The van der Waals surface area contributed by atoms with Gasteiger partial charge in [0.15, 0.2) is 0 Å². The minimum atomic E-state index is -0.644. The largest absolute Gasteiger partial charge is 0.394 e. The number of hydrogen-bond acceptors (Lipinski definition) is 3. The molecule has 0 aliphatic heterocycles. The minimum absolute atomic E-state index is 0.211. The van der Waals surface area contributed by atoms with Crippen LogP contribution in [0.15, 0.2) is 0 Å². The van der Waals surface area contributed by atoms with Crippen LogP contribution in [0.2, 0.25) is 0 Å². The average molecular weight is 259 g/mol. The Morgan fingerprint density at radius 1 is 1.11 bits per heavy atom. The van der Waals surface area contributed by atoms with E-state index in [1.54, 1.807) is 0 Å². The average Bonchev–Trinajstić information content (AvgIpc) is 2.34. The number of unbranched alkanes of at least 4 members (excludes halogenated alkanes) is 6. The van der Waals surface area contributed by atoms with Gasteiger partial charge in [-0.3, -0.25) is 4.79 Å². The highest BCUT2D eigenvalue weighted by Gasteiger charge is 2.18. The van der Waals surface area contributed by atoms with Gasteiger partial charge in [-0.1, -0.05) is 51.9 Å². The molecule has 0 heterocycles. The van der Waals surface area contributed by atoms with Crippen molar-refractivity contribution in [2.75, 3.05) is 6.61 Å². The Morgan fingerprint density at radius 3 is 2.17 bits per heavy atom. The van der Waals surface area contributed by atoms with Crippen LogP contribution in [-0.4, -0.2) is 34.9 Å². The van der Waals surface area contributed by atoms with Gasteiger partial charge in [0.2, 0.25) is 5.91 Å². The van der Waals surface area contributed by atoms with Crippen LogP contribution in [0.3, 0.4) is 0 Å². The molecule has 0 aromatic rings. The molecule has 2 atom stereocenters. The summed E-state index contributed by atoms with van der Waals surface area (Å²) >= 11 is 0. The third-order valence-electron chi connectivity index (χ3n) is 3.15. The molecule has 0 rings (SSSR count). The maximum atomic E-state index is 10.9. The molecular formula is C14H29NO3. The van der Waals surface area contributed by atoms with Gasteiger partial charge in [-0.05, 0) is 6.42 Å². The summed E-state index contributed by atoms with van der Waals surface area (Å²) in [6.07, 6.45) is 8.38. The van der Waals surface area contributed by atoms with Crippen LogP contribution < -0.4 is 5.32 Å². The predicted molar refractivity (Wildman–Crippen MR) is 73.3 cm³/mol. The number of hydrogen-bond donors (Lipinski definition) is 3. The first-order chi connectivity index (χ1) is 8.61. The second-order valence-corrected chi connectivity index (χ2v) is 4.97. The number of amides is 1. The first-order valence-corrected chi connectivity index (χ1v) is 7.17. The molecular weight excluding hydrogens is 230 g/mol. The molecule has 1 amide bonds. The maximum Gasteiger partial charge on any atom is 0.217 e. The second-order valence-electron chi connectivity index (χ2n) is 4.97. The van der Waals surface area contributed by atoms with Crippen LogP contribution in [0.25, 0.3) is 0 Å². The van der Waals surface area contributed by atoms with Crippen molar-refractivity contribution in [2.45, 2.75) is 77.4 Å². The van der Waals surface area contributed by atoms with E-state index in [0.29, 0.717) is 6.42 Å². The zero-order chi connectivity index (χ0) is 13.8. The Bertz CT molecular complexity index is 209. The lowest BCUT2D eigenvalue weighted by atomic mass is 10.0. The number of rotatable bonds is 11. The molecule has 0 aromatic carbocycles. The van der Waals surface area contributed by atoms with Crippen molar-refractivity contribution in [1.29, 1.82) is 0 Å². The zero-order valence-corrected chi connectivity index (χ0v) is 11.8. The zero-order valence-electron chi connectivity index (χ0n) is 11.8. The van der Waals surface area contributed by atoms with Crippen LogP contribution >= 0.6 is 0 Å². The molecule has 3 N–H and O–H groups in total. The van der Waals surface area contributed by atoms with Crippen molar-refractivity contribution in [3.05, 3.63) is 0 Å². The third-order valence-corrected chi connectivity index (χ3v) is 3.15. The molecule has 4 heteroatoms. The van der Waals surface area contributed by atoms with E-state index in [9.17, 15) is 9.90 Å². The molecule has 0 saturated heterocycles. The monoisotopic (exact) mass is 259 g/mol. The van der Waals surface area contributed by atoms with Crippen LogP contribution in [-0.2, 0) is 4.79 Å². The van der Waals surface area contributed by atoms with Gasteiger partial charge in [-0.25, -0.2) is 0 Å². The van der Waals surface area contributed by atoms with E-state index < -0.39 is 12.1 Å². The number of aliphatic hydroxyl groups is 2. The minimum Gasteiger partial charge on any atom is -0.394 e. The summed E-state index contributed by atoms with van der Waals surface area (Å²) < 4.78 is 0. The van der Waals surface area contributed by atoms with Crippen molar-refractivity contribution in [3.8, 4) is 0 Å². The second kappa shape index (κ2) is 11.5. The summed E-state index contributed by atoms with van der Waals surface area (Å²) in [5.74, 6) is -0.215. The van der Waals surface area contributed by atoms with E-state index in [0.717, 1.165) is 12.8 Å². The fourth-order valence-electron chi connectivity index (χ4n) is 2.04. The lowest BCUT2D eigenvalue weighted by Gasteiger charge is -2.21. The highest BCUT2D eigenvalue weighted by molar-refractivity contribution is 5.73. The standard InChI is InChI=1S/C14H29NO3/c1-3-4-5-6-7-8-9-10-14(18)13(11-16)15-12(2)17/h13-14,16,18H,3-11H2,1-2H3,(H,15,17)/t13-,14-/m1/s1. The Labute approximate surface area is 111 Å². The molecule has 18 heavy (non-hydrogen) atoms. The highest BCUT2D eigenvalue weighted by atomic mass is 16.3. The van der Waals surface area contributed by atoms with E-state index in [-0.39, 0.29) is 12.5 Å². The van der Waals surface area contributed by atoms with Gasteiger partial charge >= 0.3 is 0 Å². The molecule has 0 aliphatic carbocycles. The summed E-state index contributed by atoms with van der Waals surface area (Å²) in [6, 6.07) is -0.525. The van der Waals surface area contributed by atoms with Crippen LogP contribution in [0.5, 0.6) is 0 Å². The lowest BCUT2D eigenvalue weighted by Crippen LogP contribution is -2.44. The van der Waals surface area contributed by atoms with Crippen molar-refractivity contribution in [2.24, 2.45) is 0 Å². The summed E-state index contributed by atoms with van der Waals surface area (Å²) in [6.45, 7) is 3.38. The molecule has 4 nitrogen and oxygen atoms in total. The number of nitrogens with one attached hydrogen (secondary N) is 1. The SMILES string of the molecule is CCCCCCCCC[C@@H](O)[C@@H](CO)NC(C)=O. The lowest BCUT2D eigenvalue weighted by molar-refractivity contribution is -0.121. The molecule has 0 fully saturated rings. The van der Waals surface area contributed by atoms with E-state index >= 15 is 0 Å². The summed E-state index contributed by atoms with van der Waals surface area (Å²) in [5.41, 5.74) is 0. The van der Waals surface area contributed by atoms with Crippen LogP contribution in [0.4, 0.5) is 0 Å². The smallest absolute Gasteiger partial charge is 0.217 e. The number of aliphatic hydroxyl groups excluding tert-OH is 2. The maximum absolute atomic E-state index is 10.9. The highest BCUT2D eigenvalue weighted by Crippen LogP contribution is 2.11. The Kier molecular flexibility index (Phi) is 11.1. The van der Waals surface area contributed by atoms with Gasteiger partial charge in [-0.2, -0.15) is 0 Å². The van der Waals surface area contributed by atoms with E-state index in [2.05, 4.69) is 12.2 Å². The van der Waals surface area contributed by atoms with E-state index in [1.807, 2.05) is 0 Å². The Balaban J connectivity index is 3.55. The fourth-order valence-corrected chi connectivity index (χ4v) is 2.04. The first kappa shape index (κ1) is 17.4. The van der Waals surface area contributed by atoms with Gasteiger partial charge in [-0.15, -0.1) is 0 Å². The topological polar surface area (TPSA) is 69.6 Å². The van der Waals surface area contributed by atoms with Crippen molar-refractivity contribution < 1.29 is 15.0 Å². The predicted octanol–water partition coefficient (Wildman–Crippen LogP) is 1.98. The van der Waals surface area contributed by atoms with Gasteiger partial charge in [0.25, 0.3) is 0 Å². The van der Waals surface area contributed by atoms with E-state index in [4.69, 9.17) is 5.11 Å². The van der Waals surface area contributed by atoms with Crippen molar-refractivity contribution in [3.63, 3.8) is 0 Å².